The molecule has 0 fully saturated rings. The first kappa shape index (κ1) is 20.8. The van der Waals surface area contributed by atoms with Gasteiger partial charge in [-0.2, -0.15) is 0 Å². The van der Waals surface area contributed by atoms with Gasteiger partial charge in [-0.15, -0.1) is 0 Å². The number of methoxy groups -OCH3 is 1. The van der Waals surface area contributed by atoms with E-state index in [1.54, 1.807) is 12.1 Å². The average Bonchev–Trinajstić information content (AvgIpc) is 2.67. The van der Waals surface area contributed by atoms with Crippen LogP contribution in [0.25, 0.3) is 0 Å². The molecule has 2 rings (SSSR count). The van der Waals surface area contributed by atoms with Gasteiger partial charge in [-0.3, -0.25) is 0 Å². The Labute approximate surface area is 157 Å². The minimum absolute atomic E-state index is 0.0272. The molecule has 4 N–H and O–H groups in total. The molecule has 0 aliphatic heterocycles. The highest BCUT2D eigenvalue weighted by Gasteiger charge is 2.15. The highest BCUT2D eigenvalue weighted by Crippen LogP contribution is 2.22. The van der Waals surface area contributed by atoms with E-state index in [2.05, 4.69) is 10.1 Å². The first-order chi connectivity index (χ1) is 12.8. The average molecular weight is 377 g/mol. The van der Waals surface area contributed by atoms with Crippen LogP contribution in [0.4, 0.5) is 4.39 Å². The molecule has 0 bridgehead atoms. The maximum absolute atomic E-state index is 14.2. The third kappa shape index (κ3) is 5.50. The van der Waals surface area contributed by atoms with Crippen LogP contribution in [-0.2, 0) is 17.8 Å². The Balaban J connectivity index is 1.94. The van der Waals surface area contributed by atoms with Gasteiger partial charge in [0, 0.05) is 18.2 Å². The van der Waals surface area contributed by atoms with Crippen LogP contribution in [0.3, 0.4) is 0 Å². The van der Waals surface area contributed by atoms with E-state index < -0.39 is 17.9 Å². The largest absolute Gasteiger partial charge is 0.508 e. The van der Waals surface area contributed by atoms with Crippen molar-refractivity contribution < 1.29 is 29.2 Å². The summed E-state index contributed by atoms with van der Waals surface area (Å²) in [7, 11) is 1.24. The number of benzene rings is 2. The van der Waals surface area contributed by atoms with Crippen LogP contribution in [0.15, 0.2) is 36.4 Å². The molecule has 146 valence electrons. The zero-order valence-corrected chi connectivity index (χ0v) is 15.3. The normalized spacial score (nSPS) is 13.2. The van der Waals surface area contributed by atoms with E-state index in [0.29, 0.717) is 23.1 Å². The summed E-state index contributed by atoms with van der Waals surface area (Å²) in [5.74, 6) is -1.11. The summed E-state index contributed by atoms with van der Waals surface area (Å²) in [5.41, 5.74) is 1.50. The number of aliphatic hydroxyl groups excluding tert-OH is 2. The summed E-state index contributed by atoms with van der Waals surface area (Å²) in [4.78, 5) is 11.4. The van der Waals surface area contributed by atoms with Crippen molar-refractivity contribution in [3.8, 4) is 5.75 Å². The lowest BCUT2D eigenvalue weighted by atomic mass is 10.0. The number of phenols is 1. The molecule has 2 aromatic carbocycles. The number of nitrogens with one attached hydrogen (secondary N) is 1. The Morgan fingerprint density at radius 3 is 2.59 bits per heavy atom. The van der Waals surface area contributed by atoms with Gasteiger partial charge in [0.15, 0.2) is 0 Å². The maximum atomic E-state index is 14.2. The molecule has 6 nitrogen and oxygen atoms in total. The number of esters is 1. The molecular weight excluding hydrogens is 353 g/mol. The van der Waals surface area contributed by atoms with E-state index >= 15 is 0 Å². The lowest BCUT2D eigenvalue weighted by molar-refractivity contribution is 0.0600. The fourth-order valence-corrected chi connectivity index (χ4v) is 2.73. The predicted octanol–water partition coefficient (Wildman–Crippen LogP) is 2.06. The van der Waals surface area contributed by atoms with Crippen molar-refractivity contribution >= 4 is 5.97 Å². The van der Waals surface area contributed by atoms with Crippen molar-refractivity contribution in [1.29, 1.82) is 0 Å². The zero-order valence-electron chi connectivity index (χ0n) is 15.3. The first-order valence-electron chi connectivity index (χ1n) is 8.56. The fourth-order valence-electron chi connectivity index (χ4n) is 2.73. The predicted molar refractivity (Wildman–Crippen MR) is 97.9 cm³/mol. The molecule has 0 spiro atoms. The number of aliphatic hydroxyl groups is 2. The number of halogens is 1. The van der Waals surface area contributed by atoms with Crippen LogP contribution in [0.5, 0.6) is 5.75 Å². The quantitative estimate of drug-likeness (QED) is 0.526. The number of rotatable bonds is 8. The zero-order chi connectivity index (χ0) is 20.0. The molecule has 27 heavy (non-hydrogen) atoms. The number of hydrogen-bond acceptors (Lipinski definition) is 6. The Kier molecular flexibility index (Phi) is 7.29. The third-order valence-corrected chi connectivity index (χ3v) is 4.32. The summed E-state index contributed by atoms with van der Waals surface area (Å²) in [5, 5.41) is 32.2. The number of aromatic hydroxyl groups is 1. The Bertz CT molecular complexity index is 796. The van der Waals surface area contributed by atoms with Crippen LogP contribution >= 0.6 is 0 Å². The summed E-state index contributed by atoms with van der Waals surface area (Å²) in [6.45, 7) is 1.76. The number of carbonyl (C=O) groups is 1. The van der Waals surface area contributed by atoms with Crippen LogP contribution in [0.1, 0.15) is 40.1 Å². The molecule has 0 radical (unpaired) electrons. The second-order valence-electron chi connectivity index (χ2n) is 6.37. The van der Waals surface area contributed by atoms with E-state index in [1.165, 1.54) is 25.3 Å². The molecule has 0 saturated carbocycles. The highest BCUT2D eigenvalue weighted by molar-refractivity contribution is 5.89. The third-order valence-electron chi connectivity index (χ3n) is 4.32. The van der Waals surface area contributed by atoms with E-state index in [-0.39, 0.29) is 30.5 Å². The Hall–Kier alpha value is -2.48. The molecular formula is C20H24FNO5. The lowest BCUT2D eigenvalue weighted by Crippen LogP contribution is -2.32. The monoisotopic (exact) mass is 377 g/mol. The molecule has 0 heterocycles. The van der Waals surface area contributed by atoms with Crippen LogP contribution in [0, 0.1) is 5.82 Å². The fraction of sp³-hybridized carbons (Fsp3) is 0.350. The van der Waals surface area contributed by atoms with Gasteiger partial charge >= 0.3 is 5.97 Å². The molecule has 2 unspecified atom stereocenters. The number of ether oxygens (including phenoxy) is 1. The van der Waals surface area contributed by atoms with E-state index in [4.69, 9.17) is 0 Å². The van der Waals surface area contributed by atoms with Crippen molar-refractivity contribution in [3.63, 3.8) is 0 Å². The topological polar surface area (TPSA) is 99.0 Å². The summed E-state index contributed by atoms with van der Waals surface area (Å²) < 4.78 is 18.7. The SMILES string of the molecule is COC(=O)c1ccc(CC(C)NCC(O)c2ccc(O)c(CO)c2)c(F)c1. The van der Waals surface area contributed by atoms with E-state index in [9.17, 15) is 24.5 Å². The Morgan fingerprint density at radius 1 is 1.22 bits per heavy atom. The van der Waals surface area contributed by atoms with E-state index in [0.717, 1.165) is 6.07 Å². The molecule has 2 atom stereocenters. The standard InChI is InChI=1S/C20H24FNO5/c1-12(7-13-3-4-15(9-17(13)21)20(26)27-2)22-10-19(25)14-5-6-18(24)16(8-14)11-23/h3-6,8-9,12,19,22-25H,7,10-11H2,1-2H3. The molecule has 0 aliphatic carbocycles. The Morgan fingerprint density at radius 2 is 1.96 bits per heavy atom. The minimum atomic E-state index is -0.843. The number of hydrogen-bond donors (Lipinski definition) is 4. The van der Waals surface area contributed by atoms with Gasteiger partial charge in [-0.25, -0.2) is 9.18 Å². The van der Waals surface area contributed by atoms with Crippen LogP contribution in [-0.4, -0.2) is 41.0 Å². The lowest BCUT2D eigenvalue weighted by Gasteiger charge is -2.18. The minimum Gasteiger partial charge on any atom is -0.508 e. The van der Waals surface area contributed by atoms with Crippen molar-refractivity contribution in [3.05, 3.63) is 64.5 Å². The van der Waals surface area contributed by atoms with Crippen molar-refractivity contribution in [2.24, 2.45) is 0 Å². The molecule has 0 saturated heterocycles. The summed E-state index contributed by atoms with van der Waals surface area (Å²) in [6, 6.07) is 8.62. The number of carbonyl (C=O) groups excluding carboxylic acids is 1. The van der Waals surface area contributed by atoms with Crippen LogP contribution in [0.2, 0.25) is 0 Å². The van der Waals surface area contributed by atoms with Gasteiger partial charge in [0.1, 0.15) is 11.6 Å². The summed E-state index contributed by atoms with van der Waals surface area (Å²) >= 11 is 0. The molecule has 0 amide bonds. The summed E-state index contributed by atoms with van der Waals surface area (Å²) in [6.07, 6.45) is -0.470. The van der Waals surface area contributed by atoms with Crippen LogP contribution < -0.4 is 5.32 Å². The molecule has 0 aliphatic rings. The molecule has 0 aromatic heterocycles. The van der Waals surface area contributed by atoms with Gasteiger partial charge in [0.25, 0.3) is 0 Å². The molecule has 7 heteroatoms. The van der Waals surface area contributed by atoms with Crippen molar-refractivity contribution in [2.45, 2.75) is 32.1 Å². The van der Waals surface area contributed by atoms with Crippen molar-refractivity contribution in [2.75, 3.05) is 13.7 Å². The molecule has 2 aromatic rings. The van der Waals surface area contributed by atoms with Gasteiger partial charge < -0.3 is 25.4 Å². The van der Waals surface area contributed by atoms with Crippen molar-refractivity contribution in [1.82, 2.24) is 5.32 Å². The van der Waals surface area contributed by atoms with Gasteiger partial charge in [0.2, 0.25) is 0 Å². The highest BCUT2D eigenvalue weighted by atomic mass is 19.1. The second kappa shape index (κ2) is 9.45. The van der Waals surface area contributed by atoms with Gasteiger partial charge in [-0.1, -0.05) is 12.1 Å². The van der Waals surface area contributed by atoms with E-state index in [1.807, 2.05) is 6.92 Å². The van der Waals surface area contributed by atoms with Gasteiger partial charge in [-0.05, 0) is 48.7 Å². The first-order valence-corrected chi connectivity index (χ1v) is 8.56. The smallest absolute Gasteiger partial charge is 0.337 e. The maximum Gasteiger partial charge on any atom is 0.337 e. The second-order valence-corrected chi connectivity index (χ2v) is 6.37. The van der Waals surface area contributed by atoms with Gasteiger partial charge in [0.05, 0.1) is 25.4 Å².